The van der Waals surface area contributed by atoms with Gasteiger partial charge in [0.2, 0.25) is 5.95 Å². The van der Waals surface area contributed by atoms with Crippen molar-refractivity contribution in [2.45, 2.75) is 6.92 Å². The predicted octanol–water partition coefficient (Wildman–Crippen LogP) is 0.867. The molecule has 0 saturated heterocycles. The van der Waals surface area contributed by atoms with Crippen molar-refractivity contribution in [3.05, 3.63) is 23.8 Å². The molecule has 0 aliphatic carbocycles. The minimum Gasteiger partial charge on any atom is -0.504 e. The summed E-state index contributed by atoms with van der Waals surface area (Å²) in [6, 6.07) is 4.19. The maximum Gasteiger partial charge on any atom is 0.337 e. The largest absolute Gasteiger partial charge is 0.504 e. The number of phenolic OH excluding ortho intramolecular Hbond substituents is 2. The van der Waals surface area contributed by atoms with Crippen molar-refractivity contribution < 1.29 is 19.7 Å². The van der Waals surface area contributed by atoms with Crippen LogP contribution in [0.2, 0.25) is 0 Å². The van der Waals surface area contributed by atoms with E-state index in [9.17, 15) is 15.0 Å². The highest BCUT2D eigenvalue weighted by molar-refractivity contribution is 6.05. The molecule has 1 amide bonds. The first-order valence-electron chi connectivity index (χ1n) is 5.49. The maximum atomic E-state index is 11.8. The van der Waals surface area contributed by atoms with E-state index in [2.05, 4.69) is 20.5 Å². The number of H-pyrrole nitrogens is 1. The Balaban J connectivity index is 2.14. The van der Waals surface area contributed by atoms with Crippen molar-refractivity contribution in [3.8, 4) is 17.5 Å². The molecule has 2 rings (SSSR count). The van der Waals surface area contributed by atoms with Gasteiger partial charge in [0.15, 0.2) is 11.5 Å². The van der Waals surface area contributed by atoms with Gasteiger partial charge in [-0.05, 0) is 19.1 Å². The van der Waals surface area contributed by atoms with Crippen molar-refractivity contribution in [1.29, 1.82) is 0 Å². The van der Waals surface area contributed by atoms with Gasteiger partial charge in [-0.2, -0.15) is 4.98 Å². The van der Waals surface area contributed by atoms with Crippen LogP contribution in [0.25, 0.3) is 0 Å². The number of hydrogen-bond donors (Lipinski definition) is 4. The van der Waals surface area contributed by atoms with Gasteiger partial charge >= 0.3 is 6.01 Å². The van der Waals surface area contributed by atoms with E-state index in [1.807, 2.05) is 0 Å². The molecule has 0 bridgehead atoms. The fourth-order valence-electron chi connectivity index (χ4n) is 1.39. The van der Waals surface area contributed by atoms with Gasteiger partial charge in [-0.25, -0.2) is 5.10 Å². The normalized spacial score (nSPS) is 10.2. The van der Waals surface area contributed by atoms with E-state index in [1.54, 1.807) is 6.92 Å². The van der Waals surface area contributed by atoms with Crippen LogP contribution in [-0.2, 0) is 0 Å². The van der Waals surface area contributed by atoms with Crippen molar-refractivity contribution in [1.82, 2.24) is 15.2 Å². The number of para-hydroxylation sites is 1. The van der Waals surface area contributed by atoms with E-state index in [1.165, 1.54) is 18.2 Å². The summed E-state index contributed by atoms with van der Waals surface area (Å²) >= 11 is 0. The molecule has 0 radical (unpaired) electrons. The number of aromatic nitrogens is 3. The number of nitrogens with one attached hydrogen (secondary N) is 2. The summed E-state index contributed by atoms with van der Waals surface area (Å²) in [6.07, 6.45) is 0. The Bertz CT molecular complexity index is 596. The molecule has 0 unspecified atom stereocenters. The van der Waals surface area contributed by atoms with Crippen LogP contribution in [0.1, 0.15) is 17.3 Å². The van der Waals surface area contributed by atoms with Gasteiger partial charge < -0.3 is 14.9 Å². The fraction of sp³-hybridized carbons (Fsp3) is 0.182. The number of aromatic amines is 1. The SMILES string of the molecule is CCOc1n[nH]c(NC(=O)c2cccc(O)c2O)n1. The first-order chi connectivity index (χ1) is 9.11. The summed E-state index contributed by atoms with van der Waals surface area (Å²) in [5.41, 5.74) is -0.0747. The molecule has 0 aliphatic rings. The summed E-state index contributed by atoms with van der Waals surface area (Å²) in [5, 5.41) is 27.4. The lowest BCUT2D eigenvalue weighted by Gasteiger charge is -2.04. The summed E-state index contributed by atoms with van der Waals surface area (Å²) < 4.78 is 5.02. The smallest absolute Gasteiger partial charge is 0.337 e. The number of hydrogen-bond acceptors (Lipinski definition) is 6. The van der Waals surface area contributed by atoms with E-state index < -0.39 is 11.7 Å². The molecule has 100 valence electrons. The number of benzene rings is 1. The molecule has 0 fully saturated rings. The second kappa shape index (κ2) is 5.25. The lowest BCUT2D eigenvalue weighted by atomic mass is 10.2. The molecule has 4 N–H and O–H groups in total. The second-order valence-corrected chi connectivity index (χ2v) is 3.53. The van der Waals surface area contributed by atoms with E-state index in [4.69, 9.17) is 4.74 Å². The number of aromatic hydroxyl groups is 2. The number of ether oxygens (including phenoxy) is 1. The van der Waals surface area contributed by atoms with Crippen molar-refractivity contribution in [2.75, 3.05) is 11.9 Å². The Morgan fingerprint density at radius 2 is 2.26 bits per heavy atom. The molecule has 8 heteroatoms. The number of amides is 1. The average molecular weight is 264 g/mol. The minimum absolute atomic E-state index is 0.0747. The van der Waals surface area contributed by atoms with Crippen molar-refractivity contribution in [3.63, 3.8) is 0 Å². The van der Waals surface area contributed by atoms with Crippen molar-refractivity contribution in [2.24, 2.45) is 0 Å². The van der Waals surface area contributed by atoms with Gasteiger partial charge in [-0.15, -0.1) is 5.10 Å². The molecule has 1 aromatic heterocycles. The number of anilines is 1. The van der Waals surface area contributed by atoms with Crippen LogP contribution in [-0.4, -0.2) is 37.9 Å². The monoisotopic (exact) mass is 264 g/mol. The Morgan fingerprint density at radius 1 is 1.47 bits per heavy atom. The minimum atomic E-state index is -0.632. The van der Waals surface area contributed by atoms with Gasteiger partial charge in [0, 0.05) is 0 Å². The Hall–Kier alpha value is -2.77. The molecule has 2 aromatic rings. The molecule has 0 saturated carbocycles. The zero-order valence-electron chi connectivity index (χ0n) is 10.0. The summed E-state index contributed by atoms with van der Waals surface area (Å²) in [7, 11) is 0. The molecule has 8 nitrogen and oxygen atoms in total. The molecule has 1 heterocycles. The summed E-state index contributed by atoms with van der Waals surface area (Å²) in [6.45, 7) is 2.18. The van der Waals surface area contributed by atoms with Gasteiger partial charge in [0.25, 0.3) is 5.91 Å². The number of rotatable bonds is 4. The highest BCUT2D eigenvalue weighted by atomic mass is 16.5. The zero-order valence-corrected chi connectivity index (χ0v) is 10.0. The molecule has 0 atom stereocenters. The van der Waals surface area contributed by atoms with Crippen LogP contribution < -0.4 is 10.1 Å². The number of nitrogens with zero attached hydrogens (tertiary/aromatic N) is 2. The first kappa shape index (κ1) is 12.7. The lowest BCUT2D eigenvalue weighted by Crippen LogP contribution is -2.13. The lowest BCUT2D eigenvalue weighted by molar-refractivity contribution is 0.102. The van der Waals surface area contributed by atoms with Gasteiger partial charge in [0.1, 0.15) is 0 Å². The van der Waals surface area contributed by atoms with Crippen LogP contribution in [0.4, 0.5) is 5.95 Å². The van der Waals surface area contributed by atoms with Crippen LogP contribution in [0.15, 0.2) is 18.2 Å². The highest BCUT2D eigenvalue weighted by Gasteiger charge is 2.15. The van der Waals surface area contributed by atoms with Crippen LogP contribution >= 0.6 is 0 Å². The summed E-state index contributed by atoms with van der Waals surface area (Å²) in [4.78, 5) is 15.7. The number of phenols is 2. The van der Waals surface area contributed by atoms with Gasteiger partial charge in [-0.3, -0.25) is 10.1 Å². The zero-order chi connectivity index (χ0) is 13.8. The average Bonchev–Trinajstić information content (AvgIpc) is 2.80. The number of carbonyl (C=O) groups excluding carboxylic acids is 1. The first-order valence-corrected chi connectivity index (χ1v) is 5.49. The maximum absolute atomic E-state index is 11.8. The quantitative estimate of drug-likeness (QED) is 0.608. The third-order valence-corrected chi connectivity index (χ3v) is 2.23. The Morgan fingerprint density at radius 3 is 3.00 bits per heavy atom. The molecule has 1 aromatic carbocycles. The standard InChI is InChI=1S/C11H12N4O4/c1-2-19-11-13-10(14-15-11)12-9(18)6-4-3-5-7(16)8(6)17/h3-5,16-17H,2H2,1H3,(H2,12,13,14,15,18). The van der Waals surface area contributed by atoms with E-state index >= 15 is 0 Å². The number of carbonyl (C=O) groups is 1. The Labute approximate surface area is 108 Å². The molecule has 19 heavy (non-hydrogen) atoms. The van der Waals surface area contributed by atoms with Crippen LogP contribution in [0, 0.1) is 0 Å². The van der Waals surface area contributed by atoms with E-state index in [0.717, 1.165) is 0 Å². The van der Waals surface area contributed by atoms with Crippen LogP contribution in [0.3, 0.4) is 0 Å². The van der Waals surface area contributed by atoms with Crippen LogP contribution in [0.5, 0.6) is 17.5 Å². The Kier molecular flexibility index (Phi) is 3.51. The molecular formula is C11H12N4O4. The second-order valence-electron chi connectivity index (χ2n) is 3.53. The fourth-order valence-corrected chi connectivity index (χ4v) is 1.39. The van der Waals surface area contributed by atoms with Crippen molar-refractivity contribution >= 4 is 11.9 Å². The van der Waals surface area contributed by atoms with E-state index in [-0.39, 0.29) is 23.3 Å². The predicted molar refractivity (Wildman–Crippen MR) is 65.3 cm³/mol. The molecular weight excluding hydrogens is 252 g/mol. The third kappa shape index (κ3) is 2.73. The highest BCUT2D eigenvalue weighted by Crippen LogP contribution is 2.28. The molecule has 0 aliphatic heterocycles. The molecule has 0 spiro atoms. The topological polar surface area (TPSA) is 120 Å². The third-order valence-electron chi connectivity index (χ3n) is 2.23. The van der Waals surface area contributed by atoms with Gasteiger partial charge in [0.05, 0.1) is 12.2 Å². The summed E-state index contributed by atoms with van der Waals surface area (Å²) in [5.74, 6) is -1.42. The van der Waals surface area contributed by atoms with Gasteiger partial charge in [-0.1, -0.05) is 6.07 Å². The van der Waals surface area contributed by atoms with E-state index in [0.29, 0.717) is 6.61 Å².